The predicted octanol–water partition coefficient (Wildman–Crippen LogP) is 2.47. The average Bonchev–Trinajstić information content (AvgIpc) is 2.75. The van der Waals surface area contributed by atoms with Gasteiger partial charge in [-0.3, -0.25) is 0 Å². The van der Waals surface area contributed by atoms with Crippen LogP contribution in [-0.2, 0) is 12.8 Å². The summed E-state index contributed by atoms with van der Waals surface area (Å²) >= 11 is 0. The molecule has 3 rings (SSSR count). The minimum absolute atomic E-state index is 0.653. The highest BCUT2D eigenvalue weighted by Crippen LogP contribution is 2.27. The molecule has 2 unspecified atom stereocenters. The van der Waals surface area contributed by atoms with Crippen LogP contribution in [0.5, 0.6) is 0 Å². The minimum atomic E-state index is 0.653. The van der Waals surface area contributed by atoms with Gasteiger partial charge in [0, 0.05) is 30.4 Å². The van der Waals surface area contributed by atoms with E-state index in [9.17, 15) is 0 Å². The van der Waals surface area contributed by atoms with Crippen LogP contribution in [-0.4, -0.2) is 22.1 Å². The van der Waals surface area contributed by atoms with Gasteiger partial charge in [0.25, 0.3) is 0 Å². The SMILES string of the molecule is CC1CCCc2cnc(CC3CCCCN3)n21. The number of imidazole rings is 1. The van der Waals surface area contributed by atoms with Crippen LogP contribution in [0, 0.1) is 0 Å². The zero-order chi connectivity index (χ0) is 11.7. The van der Waals surface area contributed by atoms with Gasteiger partial charge in [0.15, 0.2) is 0 Å². The van der Waals surface area contributed by atoms with Crippen LogP contribution in [0.4, 0.5) is 0 Å². The number of rotatable bonds is 2. The largest absolute Gasteiger partial charge is 0.329 e. The van der Waals surface area contributed by atoms with Crippen LogP contribution < -0.4 is 5.32 Å². The Kier molecular flexibility index (Phi) is 3.19. The van der Waals surface area contributed by atoms with Crippen molar-refractivity contribution in [2.45, 2.75) is 64.0 Å². The highest BCUT2D eigenvalue weighted by atomic mass is 15.1. The van der Waals surface area contributed by atoms with Crippen molar-refractivity contribution in [3.63, 3.8) is 0 Å². The highest BCUT2D eigenvalue weighted by Gasteiger charge is 2.22. The number of nitrogens with zero attached hydrogens (tertiary/aromatic N) is 2. The molecule has 17 heavy (non-hydrogen) atoms. The molecule has 0 radical (unpaired) electrons. The first-order valence-electron chi connectivity index (χ1n) is 7.13. The first-order chi connectivity index (χ1) is 8.34. The van der Waals surface area contributed by atoms with Crippen LogP contribution in [0.2, 0.25) is 0 Å². The van der Waals surface area contributed by atoms with Gasteiger partial charge in [-0.1, -0.05) is 6.42 Å². The van der Waals surface area contributed by atoms with Crippen LogP contribution in [0.1, 0.15) is 56.6 Å². The van der Waals surface area contributed by atoms with Crippen molar-refractivity contribution < 1.29 is 0 Å². The Bertz CT molecular complexity index is 377. The molecule has 94 valence electrons. The number of piperidine rings is 1. The van der Waals surface area contributed by atoms with Crippen molar-refractivity contribution in [2.24, 2.45) is 0 Å². The van der Waals surface area contributed by atoms with E-state index >= 15 is 0 Å². The predicted molar refractivity (Wildman–Crippen MR) is 69.2 cm³/mol. The maximum atomic E-state index is 4.67. The molecule has 1 aromatic rings. The van der Waals surface area contributed by atoms with Crippen LogP contribution in [0.3, 0.4) is 0 Å². The number of aryl methyl sites for hydroxylation is 1. The van der Waals surface area contributed by atoms with Crippen LogP contribution >= 0.6 is 0 Å². The molecule has 0 amide bonds. The van der Waals surface area contributed by atoms with E-state index in [1.54, 1.807) is 0 Å². The van der Waals surface area contributed by atoms with E-state index < -0.39 is 0 Å². The van der Waals surface area contributed by atoms with Gasteiger partial charge < -0.3 is 9.88 Å². The lowest BCUT2D eigenvalue weighted by atomic mass is 10.0. The lowest BCUT2D eigenvalue weighted by molar-refractivity contribution is 0.371. The molecule has 0 aromatic carbocycles. The van der Waals surface area contributed by atoms with E-state index in [4.69, 9.17) is 0 Å². The molecule has 3 heteroatoms. The monoisotopic (exact) mass is 233 g/mol. The van der Waals surface area contributed by atoms with Crippen LogP contribution in [0.15, 0.2) is 6.20 Å². The molecule has 1 saturated heterocycles. The van der Waals surface area contributed by atoms with Crippen molar-refractivity contribution in [2.75, 3.05) is 6.54 Å². The van der Waals surface area contributed by atoms with Crippen molar-refractivity contribution in [1.29, 1.82) is 0 Å². The lowest BCUT2D eigenvalue weighted by Crippen LogP contribution is -2.36. The topological polar surface area (TPSA) is 29.9 Å². The number of hydrogen-bond donors (Lipinski definition) is 1. The normalized spacial score (nSPS) is 29.0. The van der Waals surface area contributed by atoms with Gasteiger partial charge in [0.1, 0.15) is 5.82 Å². The molecule has 0 spiro atoms. The Hall–Kier alpha value is -0.830. The van der Waals surface area contributed by atoms with Crippen molar-refractivity contribution in [3.05, 3.63) is 17.7 Å². The van der Waals surface area contributed by atoms with Gasteiger partial charge in [-0.25, -0.2) is 4.98 Å². The Balaban J connectivity index is 1.76. The third-order valence-electron chi connectivity index (χ3n) is 4.29. The van der Waals surface area contributed by atoms with Gasteiger partial charge >= 0.3 is 0 Å². The van der Waals surface area contributed by atoms with Crippen molar-refractivity contribution >= 4 is 0 Å². The fraction of sp³-hybridized carbons (Fsp3) is 0.786. The van der Waals surface area contributed by atoms with Gasteiger partial charge in [0.2, 0.25) is 0 Å². The fourth-order valence-corrected chi connectivity index (χ4v) is 3.34. The van der Waals surface area contributed by atoms with Crippen LogP contribution in [0.25, 0.3) is 0 Å². The molecule has 3 heterocycles. The lowest BCUT2D eigenvalue weighted by Gasteiger charge is -2.27. The molecule has 2 aliphatic heterocycles. The van der Waals surface area contributed by atoms with E-state index in [-0.39, 0.29) is 0 Å². The molecule has 0 bridgehead atoms. The van der Waals surface area contributed by atoms with E-state index in [1.165, 1.54) is 56.6 Å². The maximum absolute atomic E-state index is 4.67. The van der Waals surface area contributed by atoms with E-state index in [0.29, 0.717) is 12.1 Å². The molecular formula is C14H23N3. The molecule has 1 aromatic heterocycles. The molecule has 2 atom stereocenters. The summed E-state index contributed by atoms with van der Waals surface area (Å²) in [5, 5.41) is 3.63. The number of aromatic nitrogens is 2. The summed E-state index contributed by atoms with van der Waals surface area (Å²) in [7, 11) is 0. The second-order valence-corrected chi connectivity index (χ2v) is 5.63. The number of hydrogen-bond acceptors (Lipinski definition) is 2. The third kappa shape index (κ3) is 2.25. The summed E-state index contributed by atoms with van der Waals surface area (Å²) in [4.78, 5) is 4.67. The Labute approximate surface area is 104 Å². The highest BCUT2D eigenvalue weighted by molar-refractivity contribution is 5.11. The molecular weight excluding hydrogens is 210 g/mol. The zero-order valence-corrected chi connectivity index (χ0v) is 10.8. The molecule has 1 N–H and O–H groups in total. The molecule has 2 aliphatic rings. The smallest absolute Gasteiger partial charge is 0.110 e. The first-order valence-corrected chi connectivity index (χ1v) is 7.13. The zero-order valence-electron chi connectivity index (χ0n) is 10.8. The number of fused-ring (bicyclic) bond motifs is 1. The van der Waals surface area contributed by atoms with Crippen molar-refractivity contribution in [3.8, 4) is 0 Å². The quantitative estimate of drug-likeness (QED) is 0.850. The second-order valence-electron chi connectivity index (χ2n) is 5.63. The van der Waals surface area contributed by atoms with Gasteiger partial charge in [-0.15, -0.1) is 0 Å². The molecule has 0 saturated carbocycles. The summed E-state index contributed by atoms with van der Waals surface area (Å²) in [5.41, 5.74) is 1.45. The fourth-order valence-electron chi connectivity index (χ4n) is 3.34. The Morgan fingerprint density at radius 3 is 3.12 bits per heavy atom. The Morgan fingerprint density at radius 1 is 1.35 bits per heavy atom. The minimum Gasteiger partial charge on any atom is -0.329 e. The summed E-state index contributed by atoms with van der Waals surface area (Å²) < 4.78 is 2.50. The molecule has 0 aliphatic carbocycles. The van der Waals surface area contributed by atoms with Crippen molar-refractivity contribution in [1.82, 2.24) is 14.9 Å². The number of nitrogens with one attached hydrogen (secondary N) is 1. The summed E-state index contributed by atoms with van der Waals surface area (Å²) in [6, 6.07) is 1.31. The van der Waals surface area contributed by atoms with Gasteiger partial charge in [-0.05, 0) is 45.6 Å². The maximum Gasteiger partial charge on any atom is 0.110 e. The first kappa shape index (κ1) is 11.3. The van der Waals surface area contributed by atoms with E-state index in [0.717, 1.165) is 6.42 Å². The molecule has 1 fully saturated rings. The second kappa shape index (κ2) is 4.81. The Morgan fingerprint density at radius 2 is 2.29 bits per heavy atom. The van der Waals surface area contributed by atoms with E-state index in [1.807, 2.05) is 0 Å². The van der Waals surface area contributed by atoms with Gasteiger partial charge in [0.05, 0.1) is 0 Å². The van der Waals surface area contributed by atoms with E-state index in [2.05, 4.69) is 28.0 Å². The summed E-state index contributed by atoms with van der Waals surface area (Å²) in [6.45, 7) is 3.52. The summed E-state index contributed by atoms with van der Waals surface area (Å²) in [5.74, 6) is 1.31. The average molecular weight is 233 g/mol. The summed E-state index contributed by atoms with van der Waals surface area (Å²) in [6.07, 6.45) is 11.1. The van der Waals surface area contributed by atoms with Gasteiger partial charge in [-0.2, -0.15) is 0 Å². The standard InChI is InChI=1S/C14H23N3/c1-11-5-4-7-13-10-16-14(17(11)13)9-12-6-2-3-8-15-12/h10-12,15H,2-9H2,1H3. The molecule has 3 nitrogen and oxygen atoms in total. The third-order valence-corrected chi connectivity index (χ3v) is 4.29.